The summed E-state index contributed by atoms with van der Waals surface area (Å²) in [6.45, 7) is 4.79. The molecule has 0 saturated heterocycles. The first-order valence-electron chi connectivity index (χ1n) is 4.53. The van der Waals surface area contributed by atoms with Crippen LogP contribution in [0, 0.1) is 5.92 Å². The molecular formula is C8H19BFN. The van der Waals surface area contributed by atoms with E-state index >= 15 is 0 Å². The second kappa shape index (κ2) is 6.65. The van der Waals surface area contributed by atoms with Gasteiger partial charge in [-0.1, -0.05) is 20.2 Å². The van der Waals surface area contributed by atoms with E-state index in [1.165, 1.54) is 0 Å². The van der Waals surface area contributed by atoms with Crippen LogP contribution in [0.1, 0.15) is 20.3 Å². The van der Waals surface area contributed by atoms with Gasteiger partial charge in [0, 0.05) is 6.54 Å². The molecule has 0 aromatic heterocycles. The van der Waals surface area contributed by atoms with Gasteiger partial charge in [0.2, 0.25) is 0 Å². The molecule has 0 aliphatic rings. The number of rotatable bonds is 6. The van der Waals surface area contributed by atoms with Crippen LogP contribution in [0.3, 0.4) is 0 Å². The third kappa shape index (κ3) is 5.25. The highest BCUT2D eigenvalue weighted by Gasteiger charge is 2.06. The maximum absolute atomic E-state index is 12.2. The first kappa shape index (κ1) is 11.0. The van der Waals surface area contributed by atoms with E-state index in [2.05, 4.69) is 20.1 Å². The van der Waals surface area contributed by atoms with Crippen LogP contribution in [0.25, 0.3) is 0 Å². The van der Waals surface area contributed by atoms with Crippen molar-refractivity contribution in [2.75, 3.05) is 13.2 Å². The minimum atomic E-state index is -0.195. The van der Waals surface area contributed by atoms with Crippen LogP contribution in [0.15, 0.2) is 0 Å². The van der Waals surface area contributed by atoms with Crippen LogP contribution in [0.5, 0.6) is 0 Å². The summed E-state index contributed by atoms with van der Waals surface area (Å²) in [5.41, 5.74) is 0. The highest BCUT2D eigenvalue weighted by atomic mass is 19.1. The standard InChI is InChI=1S/C8H19BFN/c1-3-8(5-10)6-11-7(2)4-9/h7-8,11H,3-6,9H2,1-2H3. The van der Waals surface area contributed by atoms with Crippen LogP contribution in [0.2, 0.25) is 6.32 Å². The molecule has 0 saturated carbocycles. The molecule has 1 nitrogen and oxygen atoms in total. The summed E-state index contributed by atoms with van der Waals surface area (Å²) in [4.78, 5) is 0. The van der Waals surface area contributed by atoms with Gasteiger partial charge in [0.25, 0.3) is 0 Å². The molecule has 2 unspecified atom stereocenters. The second-order valence-electron chi connectivity index (χ2n) is 3.15. The highest BCUT2D eigenvalue weighted by molar-refractivity contribution is 6.08. The van der Waals surface area contributed by atoms with Gasteiger partial charge in [-0.25, -0.2) is 0 Å². The molecule has 0 bridgehead atoms. The molecule has 66 valence electrons. The van der Waals surface area contributed by atoms with E-state index in [0.29, 0.717) is 6.04 Å². The van der Waals surface area contributed by atoms with Crippen LogP contribution >= 0.6 is 0 Å². The summed E-state index contributed by atoms with van der Waals surface area (Å²) in [6.07, 6.45) is 2.04. The first-order chi connectivity index (χ1) is 5.24. The second-order valence-corrected chi connectivity index (χ2v) is 3.15. The van der Waals surface area contributed by atoms with Crippen molar-refractivity contribution in [1.29, 1.82) is 0 Å². The predicted octanol–water partition coefficient (Wildman–Crippen LogP) is 1.01. The van der Waals surface area contributed by atoms with Gasteiger partial charge in [0.05, 0.1) is 6.67 Å². The van der Waals surface area contributed by atoms with Crippen LogP contribution in [-0.2, 0) is 0 Å². The summed E-state index contributed by atoms with van der Waals surface area (Å²) in [6, 6.07) is 0.524. The van der Waals surface area contributed by atoms with E-state index in [4.69, 9.17) is 0 Å². The van der Waals surface area contributed by atoms with Crippen molar-refractivity contribution in [2.24, 2.45) is 5.92 Å². The average molecular weight is 159 g/mol. The Balaban J connectivity index is 3.34. The highest BCUT2D eigenvalue weighted by Crippen LogP contribution is 2.01. The molecule has 1 N–H and O–H groups in total. The number of halogens is 1. The fraction of sp³-hybridized carbons (Fsp3) is 1.00. The lowest BCUT2D eigenvalue weighted by atomic mass is 9.98. The van der Waals surface area contributed by atoms with E-state index in [-0.39, 0.29) is 12.6 Å². The fourth-order valence-electron chi connectivity index (χ4n) is 0.820. The SMILES string of the molecule is BCC(C)NCC(CC)CF. The topological polar surface area (TPSA) is 12.0 Å². The molecule has 0 heterocycles. The lowest BCUT2D eigenvalue weighted by molar-refractivity contribution is 0.331. The van der Waals surface area contributed by atoms with Gasteiger partial charge in [-0.15, -0.1) is 0 Å². The summed E-state index contributed by atoms with van der Waals surface area (Å²) in [5.74, 6) is 0.212. The Morgan fingerprint density at radius 2 is 2.18 bits per heavy atom. The maximum atomic E-state index is 12.2. The van der Waals surface area contributed by atoms with Crippen molar-refractivity contribution in [2.45, 2.75) is 32.6 Å². The molecule has 0 aliphatic heterocycles. The Morgan fingerprint density at radius 3 is 2.55 bits per heavy atom. The normalized spacial score (nSPS) is 16.3. The first-order valence-corrected chi connectivity index (χ1v) is 4.53. The zero-order chi connectivity index (χ0) is 8.69. The van der Waals surface area contributed by atoms with Crippen LogP contribution in [-0.4, -0.2) is 27.1 Å². The van der Waals surface area contributed by atoms with Crippen LogP contribution < -0.4 is 5.32 Å². The summed E-state index contributed by atoms with van der Waals surface area (Å²) in [7, 11) is 2.13. The van der Waals surface area contributed by atoms with Gasteiger partial charge in [0.15, 0.2) is 0 Å². The largest absolute Gasteiger partial charge is 0.315 e. The minimum Gasteiger partial charge on any atom is -0.315 e. The van der Waals surface area contributed by atoms with Crippen molar-refractivity contribution in [1.82, 2.24) is 5.32 Å². The maximum Gasteiger partial charge on any atom is 0.103 e. The third-order valence-corrected chi connectivity index (χ3v) is 2.16. The smallest absolute Gasteiger partial charge is 0.103 e. The Morgan fingerprint density at radius 1 is 1.55 bits per heavy atom. The van der Waals surface area contributed by atoms with Gasteiger partial charge in [-0.05, 0) is 18.4 Å². The summed E-state index contributed by atoms with van der Waals surface area (Å²) in [5, 5.41) is 3.29. The third-order valence-electron chi connectivity index (χ3n) is 2.16. The van der Waals surface area contributed by atoms with E-state index in [9.17, 15) is 4.39 Å². The lowest BCUT2D eigenvalue weighted by Gasteiger charge is -2.15. The number of hydrogen-bond donors (Lipinski definition) is 1. The molecule has 3 heteroatoms. The van der Waals surface area contributed by atoms with Gasteiger partial charge in [-0.3, -0.25) is 4.39 Å². The average Bonchev–Trinajstić information content (AvgIpc) is 2.06. The Kier molecular flexibility index (Phi) is 6.62. The van der Waals surface area contributed by atoms with Crippen molar-refractivity contribution < 1.29 is 4.39 Å². The van der Waals surface area contributed by atoms with Gasteiger partial charge in [0.1, 0.15) is 7.85 Å². The molecule has 11 heavy (non-hydrogen) atoms. The molecule has 0 fully saturated rings. The van der Waals surface area contributed by atoms with Crippen LogP contribution in [0.4, 0.5) is 4.39 Å². The summed E-state index contributed by atoms with van der Waals surface area (Å²) < 4.78 is 12.2. The van der Waals surface area contributed by atoms with Crippen molar-refractivity contribution in [3.05, 3.63) is 0 Å². The predicted molar refractivity (Wildman–Crippen MR) is 50.6 cm³/mol. The molecule has 0 aliphatic carbocycles. The van der Waals surface area contributed by atoms with Gasteiger partial charge in [-0.2, -0.15) is 0 Å². The number of alkyl halides is 1. The Bertz CT molecular complexity index is 86.2. The van der Waals surface area contributed by atoms with Gasteiger partial charge < -0.3 is 5.32 Å². The molecule has 0 aromatic rings. The zero-order valence-corrected chi connectivity index (χ0v) is 7.86. The van der Waals surface area contributed by atoms with E-state index < -0.39 is 0 Å². The molecule has 0 rings (SSSR count). The Labute approximate surface area is 70.2 Å². The number of nitrogens with one attached hydrogen (secondary N) is 1. The fourth-order valence-corrected chi connectivity index (χ4v) is 0.820. The molecule has 0 aromatic carbocycles. The van der Waals surface area contributed by atoms with E-state index in [1.807, 2.05) is 6.92 Å². The molecular weight excluding hydrogens is 140 g/mol. The monoisotopic (exact) mass is 159 g/mol. The molecule has 0 amide bonds. The quantitative estimate of drug-likeness (QED) is 0.570. The lowest BCUT2D eigenvalue weighted by Crippen LogP contribution is -2.31. The Hall–Kier alpha value is -0.0451. The molecule has 2 atom stereocenters. The van der Waals surface area contributed by atoms with Crippen molar-refractivity contribution >= 4 is 7.85 Å². The van der Waals surface area contributed by atoms with E-state index in [0.717, 1.165) is 19.3 Å². The minimum absolute atomic E-state index is 0.195. The van der Waals surface area contributed by atoms with Crippen molar-refractivity contribution in [3.8, 4) is 0 Å². The summed E-state index contributed by atoms with van der Waals surface area (Å²) >= 11 is 0. The van der Waals surface area contributed by atoms with Crippen molar-refractivity contribution in [3.63, 3.8) is 0 Å². The number of hydrogen-bond acceptors (Lipinski definition) is 1. The van der Waals surface area contributed by atoms with Gasteiger partial charge >= 0.3 is 0 Å². The zero-order valence-electron chi connectivity index (χ0n) is 7.86. The molecule has 0 radical (unpaired) electrons. The van der Waals surface area contributed by atoms with E-state index in [1.54, 1.807) is 0 Å². The molecule has 0 spiro atoms.